The topological polar surface area (TPSA) is 38.0 Å². The zero-order valence-electron chi connectivity index (χ0n) is 8.13. The van der Waals surface area contributed by atoms with E-state index >= 15 is 0 Å². The average molecular weight is 196 g/mol. The van der Waals surface area contributed by atoms with Gasteiger partial charge < -0.3 is 11.1 Å². The van der Waals surface area contributed by atoms with Gasteiger partial charge in [0.2, 0.25) is 0 Å². The first-order chi connectivity index (χ1) is 6.34. The molecule has 0 aromatic carbocycles. The lowest BCUT2D eigenvalue weighted by atomic mass is 10.4. The van der Waals surface area contributed by atoms with Crippen LogP contribution >= 0.6 is 11.8 Å². The molecule has 13 heavy (non-hydrogen) atoms. The highest BCUT2D eigenvalue weighted by molar-refractivity contribution is 8.04. The largest absolute Gasteiger partial charge is 0.366 e. The molecule has 2 nitrogen and oxygen atoms in total. The number of hydrogen-bond acceptors (Lipinski definition) is 3. The first-order valence-corrected chi connectivity index (χ1v) is 5.62. The van der Waals surface area contributed by atoms with Crippen LogP contribution < -0.4 is 11.1 Å². The summed E-state index contributed by atoms with van der Waals surface area (Å²) in [5.74, 6) is 6.96. The molecule has 1 aliphatic carbocycles. The summed E-state index contributed by atoms with van der Waals surface area (Å²) < 4.78 is 0. The predicted molar refractivity (Wildman–Crippen MR) is 58.6 cm³/mol. The predicted octanol–water partition coefficient (Wildman–Crippen LogP) is 1.85. The summed E-state index contributed by atoms with van der Waals surface area (Å²) in [6.45, 7) is 4.00. The molecule has 0 aromatic rings. The van der Waals surface area contributed by atoms with E-state index in [1.165, 1.54) is 12.8 Å². The minimum absolute atomic E-state index is 0.0125. The zero-order valence-corrected chi connectivity index (χ0v) is 8.95. The van der Waals surface area contributed by atoms with Crippen molar-refractivity contribution in [2.45, 2.75) is 32.2 Å². The van der Waals surface area contributed by atoms with Crippen molar-refractivity contribution in [3.63, 3.8) is 0 Å². The highest BCUT2D eigenvalue weighted by atomic mass is 32.2. The van der Waals surface area contributed by atoms with Crippen molar-refractivity contribution >= 4 is 11.8 Å². The number of nitrogens with one attached hydrogen (secondary N) is 1. The molecule has 3 heteroatoms. The van der Waals surface area contributed by atoms with Crippen LogP contribution in [0.1, 0.15) is 26.7 Å². The van der Waals surface area contributed by atoms with Crippen LogP contribution in [0.5, 0.6) is 0 Å². The van der Waals surface area contributed by atoms with Crippen LogP contribution in [0.2, 0.25) is 0 Å². The first kappa shape index (κ1) is 10.5. The standard InChI is InChI=1S/C8H10N2S.C2H6/c9-8-10-5-7(11-8)4-3-6-1-2-6;1-2/h5-6,8,10H,1-2,9H2;1-2H3. The summed E-state index contributed by atoms with van der Waals surface area (Å²) in [4.78, 5) is 1.07. The van der Waals surface area contributed by atoms with Crippen molar-refractivity contribution in [2.75, 3.05) is 0 Å². The molecule has 0 saturated heterocycles. The maximum Gasteiger partial charge on any atom is 0.128 e. The van der Waals surface area contributed by atoms with E-state index in [1.807, 2.05) is 20.0 Å². The van der Waals surface area contributed by atoms with Gasteiger partial charge in [0.25, 0.3) is 0 Å². The lowest BCUT2D eigenvalue weighted by Gasteiger charge is -1.97. The van der Waals surface area contributed by atoms with Crippen molar-refractivity contribution in [2.24, 2.45) is 11.7 Å². The minimum Gasteiger partial charge on any atom is -0.366 e. The molecule has 1 heterocycles. The Morgan fingerprint density at radius 2 is 2.23 bits per heavy atom. The van der Waals surface area contributed by atoms with Crippen LogP contribution in [0.3, 0.4) is 0 Å². The summed E-state index contributed by atoms with van der Waals surface area (Å²) >= 11 is 1.59. The Bertz CT molecular complexity index is 245. The molecule has 0 amide bonds. The molecule has 3 N–H and O–H groups in total. The van der Waals surface area contributed by atoms with Crippen LogP contribution in [0.15, 0.2) is 11.1 Å². The quantitative estimate of drug-likeness (QED) is 0.581. The SMILES string of the molecule is CC.NC1NC=C(C#CC2CC2)S1. The first-order valence-electron chi connectivity index (χ1n) is 4.74. The Hall–Kier alpha value is -0.590. The Morgan fingerprint density at radius 1 is 1.54 bits per heavy atom. The molecule has 2 rings (SSSR count). The van der Waals surface area contributed by atoms with Crippen LogP contribution in [-0.2, 0) is 0 Å². The summed E-state index contributed by atoms with van der Waals surface area (Å²) in [6, 6.07) is 0. The number of nitrogens with two attached hydrogens (primary N) is 1. The van der Waals surface area contributed by atoms with Crippen molar-refractivity contribution in [1.29, 1.82) is 0 Å². The fourth-order valence-corrected chi connectivity index (χ4v) is 1.49. The highest BCUT2D eigenvalue weighted by Gasteiger charge is 2.18. The second kappa shape index (κ2) is 5.21. The maximum absolute atomic E-state index is 5.58. The average Bonchev–Trinajstić information content (AvgIpc) is 2.90. The maximum atomic E-state index is 5.58. The molecule has 1 fully saturated rings. The Balaban J connectivity index is 0.000000396. The lowest BCUT2D eigenvalue weighted by Crippen LogP contribution is -2.25. The lowest BCUT2D eigenvalue weighted by molar-refractivity contribution is 0.837. The van der Waals surface area contributed by atoms with Gasteiger partial charge in [-0.1, -0.05) is 37.5 Å². The van der Waals surface area contributed by atoms with Gasteiger partial charge in [0.05, 0.1) is 4.91 Å². The summed E-state index contributed by atoms with van der Waals surface area (Å²) in [5.41, 5.74) is 5.59. The van der Waals surface area contributed by atoms with E-state index in [0.29, 0.717) is 5.92 Å². The van der Waals surface area contributed by atoms with Gasteiger partial charge in [0.1, 0.15) is 5.50 Å². The van der Waals surface area contributed by atoms with Crippen molar-refractivity contribution in [1.82, 2.24) is 5.32 Å². The van der Waals surface area contributed by atoms with Gasteiger partial charge in [0.15, 0.2) is 0 Å². The van der Waals surface area contributed by atoms with Gasteiger partial charge in [-0.3, -0.25) is 0 Å². The molecular formula is C10H16N2S. The molecule has 72 valence electrons. The van der Waals surface area contributed by atoms with Crippen LogP contribution in [0.4, 0.5) is 0 Å². The molecule has 1 atom stereocenters. The monoisotopic (exact) mass is 196 g/mol. The summed E-state index contributed by atoms with van der Waals surface area (Å²) in [5, 5.41) is 2.99. The minimum atomic E-state index is 0.0125. The van der Waals surface area contributed by atoms with E-state index < -0.39 is 0 Å². The smallest absolute Gasteiger partial charge is 0.128 e. The van der Waals surface area contributed by atoms with E-state index in [9.17, 15) is 0 Å². The van der Waals surface area contributed by atoms with E-state index in [1.54, 1.807) is 11.8 Å². The van der Waals surface area contributed by atoms with Gasteiger partial charge in [0, 0.05) is 12.1 Å². The summed E-state index contributed by atoms with van der Waals surface area (Å²) in [6.07, 6.45) is 4.46. The van der Waals surface area contributed by atoms with E-state index in [0.717, 1.165) is 4.91 Å². The molecule has 2 aliphatic rings. The van der Waals surface area contributed by atoms with E-state index in [4.69, 9.17) is 5.73 Å². The van der Waals surface area contributed by atoms with Gasteiger partial charge in [-0.15, -0.1) is 0 Å². The van der Waals surface area contributed by atoms with Crippen LogP contribution in [0.25, 0.3) is 0 Å². The van der Waals surface area contributed by atoms with Gasteiger partial charge in [-0.25, -0.2) is 0 Å². The second-order valence-electron chi connectivity index (χ2n) is 2.76. The van der Waals surface area contributed by atoms with Crippen LogP contribution in [0, 0.1) is 17.8 Å². The third-order valence-electron chi connectivity index (χ3n) is 1.61. The van der Waals surface area contributed by atoms with E-state index in [-0.39, 0.29) is 5.50 Å². The Morgan fingerprint density at radius 3 is 2.69 bits per heavy atom. The van der Waals surface area contributed by atoms with E-state index in [2.05, 4.69) is 17.2 Å². The van der Waals surface area contributed by atoms with Gasteiger partial charge in [-0.05, 0) is 12.8 Å². The third kappa shape index (κ3) is 3.75. The Labute approximate surface area is 84.3 Å². The molecule has 1 saturated carbocycles. The third-order valence-corrected chi connectivity index (χ3v) is 2.47. The summed E-state index contributed by atoms with van der Waals surface area (Å²) in [7, 11) is 0. The van der Waals surface area contributed by atoms with Crippen molar-refractivity contribution < 1.29 is 0 Å². The molecule has 0 spiro atoms. The number of rotatable bonds is 0. The van der Waals surface area contributed by atoms with Crippen molar-refractivity contribution in [3.8, 4) is 11.8 Å². The number of allylic oxidation sites excluding steroid dienone is 1. The molecule has 1 unspecified atom stereocenters. The van der Waals surface area contributed by atoms with Gasteiger partial charge >= 0.3 is 0 Å². The van der Waals surface area contributed by atoms with Crippen LogP contribution in [-0.4, -0.2) is 5.50 Å². The zero-order chi connectivity index (χ0) is 9.68. The second-order valence-corrected chi connectivity index (χ2v) is 3.94. The fourth-order valence-electron chi connectivity index (χ4n) is 0.829. The highest BCUT2D eigenvalue weighted by Crippen LogP contribution is 2.28. The van der Waals surface area contributed by atoms with Crippen molar-refractivity contribution in [3.05, 3.63) is 11.1 Å². The normalized spacial score (nSPS) is 24.5. The van der Waals surface area contributed by atoms with Gasteiger partial charge in [-0.2, -0.15) is 0 Å². The number of thioether (sulfide) groups is 1. The Kier molecular flexibility index (Phi) is 4.20. The number of hydrogen-bond donors (Lipinski definition) is 2. The fraction of sp³-hybridized carbons (Fsp3) is 0.600. The molecule has 0 aromatic heterocycles. The molecule has 0 radical (unpaired) electrons. The molecule has 0 bridgehead atoms. The molecular weight excluding hydrogens is 180 g/mol. The molecule has 1 aliphatic heterocycles.